The molecule has 6 heteroatoms. The number of benzene rings is 2. The van der Waals surface area contributed by atoms with Gasteiger partial charge in [-0.25, -0.2) is 4.39 Å². The predicted octanol–water partition coefficient (Wildman–Crippen LogP) is 3.08. The summed E-state index contributed by atoms with van der Waals surface area (Å²) < 4.78 is 18.7. The Bertz CT molecular complexity index is 720. The van der Waals surface area contributed by atoms with E-state index in [9.17, 15) is 4.39 Å². The molecule has 1 saturated heterocycles. The zero-order valence-electron chi connectivity index (χ0n) is 16.1. The zero-order chi connectivity index (χ0) is 19.6. The van der Waals surface area contributed by atoms with Crippen molar-refractivity contribution in [1.29, 1.82) is 0 Å². The maximum Gasteiger partial charge on any atom is 0.169 e. The third-order valence-electron chi connectivity index (χ3n) is 4.90. The minimum Gasteiger partial charge on any atom is -0.379 e. The molecule has 0 saturated carbocycles. The van der Waals surface area contributed by atoms with E-state index < -0.39 is 0 Å². The molecular weight excluding hydrogens is 373 g/mol. The molecule has 0 aromatic heterocycles. The van der Waals surface area contributed by atoms with E-state index in [0.29, 0.717) is 6.54 Å². The largest absolute Gasteiger partial charge is 0.379 e. The van der Waals surface area contributed by atoms with Crippen LogP contribution < -0.4 is 5.32 Å². The minimum atomic E-state index is -0.216. The van der Waals surface area contributed by atoms with Crippen LogP contribution in [0.5, 0.6) is 0 Å². The summed E-state index contributed by atoms with van der Waals surface area (Å²) >= 11 is 5.68. The van der Waals surface area contributed by atoms with E-state index in [1.807, 2.05) is 18.2 Å². The van der Waals surface area contributed by atoms with Gasteiger partial charge in [0.05, 0.1) is 13.2 Å². The number of rotatable bonds is 8. The summed E-state index contributed by atoms with van der Waals surface area (Å²) in [5.74, 6) is -0.216. The molecule has 0 aliphatic carbocycles. The highest BCUT2D eigenvalue weighted by atomic mass is 32.1. The topological polar surface area (TPSA) is 27.7 Å². The van der Waals surface area contributed by atoms with Gasteiger partial charge in [0, 0.05) is 39.3 Å². The van der Waals surface area contributed by atoms with Crippen molar-refractivity contribution in [2.24, 2.45) is 0 Å². The van der Waals surface area contributed by atoms with Crippen molar-refractivity contribution < 1.29 is 9.13 Å². The molecule has 1 aliphatic heterocycles. The fourth-order valence-corrected chi connectivity index (χ4v) is 3.48. The Morgan fingerprint density at radius 3 is 2.46 bits per heavy atom. The third-order valence-corrected chi connectivity index (χ3v) is 5.30. The molecule has 0 spiro atoms. The lowest BCUT2D eigenvalue weighted by molar-refractivity contribution is 0.0357. The second kappa shape index (κ2) is 11.1. The maximum absolute atomic E-state index is 13.2. The highest BCUT2D eigenvalue weighted by molar-refractivity contribution is 7.80. The fraction of sp³-hybridized carbons (Fsp3) is 0.409. The first-order valence-corrected chi connectivity index (χ1v) is 10.2. The number of halogens is 1. The molecule has 1 heterocycles. The lowest BCUT2D eigenvalue weighted by Gasteiger charge is -2.31. The average molecular weight is 402 g/mol. The summed E-state index contributed by atoms with van der Waals surface area (Å²) in [6.07, 6.45) is 0.925. The van der Waals surface area contributed by atoms with E-state index in [2.05, 4.69) is 39.4 Å². The summed E-state index contributed by atoms with van der Waals surface area (Å²) in [5, 5.41) is 4.13. The molecule has 1 N–H and O–H groups in total. The van der Waals surface area contributed by atoms with Crippen molar-refractivity contribution in [1.82, 2.24) is 15.1 Å². The van der Waals surface area contributed by atoms with Crippen LogP contribution in [0.1, 0.15) is 11.1 Å². The highest BCUT2D eigenvalue weighted by Crippen LogP contribution is 2.08. The molecule has 0 atom stereocenters. The molecule has 0 radical (unpaired) electrons. The Morgan fingerprint density at radius 1 is 1.04 bits per heavy atom. The second-order valence-electron chi connectivity index (χ2n) is 6.97. The van der Waals surface area contributed by atoms with Crippen LogP contribution in [-0.2, 0) is 17.7 Å². The van der Waals surface area contributed by atoms with Crippen LogP contribution in [0.15, 0.2) is 54.6 Å². The Kier molecular flexibility index (Phi) is 8.21. The van der Waals surface area contributed by atoms with Crippen LogP contribution in [0.3, 0.4) is 0 Å². The van der Waals surface area contributed by atoms with Crippen molar-refractivity contribution in [3.63, 3.8) is 0 Å². The van der Waals surface area contributed by atoms with Crippen LogP contribution in [0.25, 0.3) is 0 Å². The van der Waals surface area contributed by atoms with Gasteiger partial charge in [-0.1, -0.05) is 42.5 Å². The molecule has 2 aromatic rings. The first-order chi connectivity index (χ1) is 13.7. The normalized spacial score (nSPS) is 14.6. The van der Waals surface area contributed by atoms with Crippen LogP contribution in [0, 0.1) is 5.82 Å². The zero-order valence-corrected chi connectivity index (χ0v) is 17.0. The van der Waals surface area contributed by atoms with Crippen LogP contribution in [0.2, 0.25) is 0 Å². The smallest absolute Gasteiger partial charge is 0.169 e. The number of morpholine rings is 1. The molecular formula is C22H28FN3OS. The molecule has 0 bridgehead atoms. The summed E-state index contributed by atoms with van der Waals surface area (Å²) in [5.41, 5.74) is 2.34. The van der Waals surface area contributed by atoms with Gasteiger partial charge in [-0.3, -0.25) is 4.90 Å². The monoisotopic (exact) mass is 401 g/mol. The number of thiocarbonyl (C=S) groups is 1. The van der Waals surface area contributed by atoms with Crippen LogP contribution >= 0.6 is 12.2 Å². The van der Waals surface area contributed by atoms with Gasteiger partial charge < -0.3 is 15.0 Å². The highest BCUT2D eigenvalue weighted by Gasteiger charge is 2.15. The Hall–Kier alpha value is -2.02. The van der Waals surface area contributed by atoms with Gasteiger partial charge in [0.15, 0.2) is 5.11 Å². The van der Waals surface area contributed by atoms with Gasteiger partial charge >= 0.3 is 0 Å². The minimum absolute atomic E-state index is 0.216. The SMILES string of the molecule is Fc1ccc(CN(CCN2CCOCC2)C(=S)NCCc2ccccc2)cc1. The summed E-state index contributed by atoms with van der Waals surface area (Å²) in [7, 11) is 0. The van der Waals surface area contributed by atoms with Gasteiger partial charge in [-0.05, 0) is 41.9 Å². The number of hydrogen-bond acceptors (Lipinski definition) is 3. The van der Waals surface area contributed by atoms with Crippen LogP contribution in [0.4, 0.5) is 4.39 Å². The molecule has 0 unspecified atom stereocenters. The van der Waals surface area contributed by atoms with E-state index >= 15 is 0 Å². The Balaban J connectivity index is 1.55. The summed E-state index contributed by atoms with van der Waals surface area (Å²) in [4.78, 5) is 4.57. The van der Waals surface area contributed by atoms with Gasteiger partial charge in [0.2, 0.25) is 0 Å². The second-order valence-corrected chi connectivity index (χ2v) is 7.36. The number of hydrogen-bond donors (Lipinski definition) is 1. The first kappa shape index (κ1) is 20.7. The predicted molar refractivity (Wildman–Crippen MR) is 115 cm³/mol. The number of ether oxygens (including phenoxy) is 1. The Labute approximate surface area is 172 Å². The summed E-state index contributed by atoms with van der Waals surface area (Å²) in [6, 6.07) is 17.0. The average Bonchev–Trinajstić information content (AvgIpc) is 2.74. The van der Waals surface area contributed by atoms with E-state index in [1.165, 1.54) is 17.7 Å². The quantitative estimate of drug-likeness (QED) is 0.687. The van der Waals surface area contributed by atoms with Crippen molar-refractivity contribution in [3.05, 3.63) is 71.5 Å². The van der Waals surface area contributed by atoms with Gasteiger partial charge in [0.25, 0.3) is 0 Å². The molecule has 0 amide bonds. The Morgan fingerprint density at radius 2 is 1.75 bits per heavy atom. The molecule has 1 aliphatic rings. The summed E-state index contributed by atoms with van der Waals surface area (Å²) in [6.45, 7) is 6.72. The van der Waals surface area contributed by atoms with E-state index in [1.54, 1.807) is 0 Å². The molecule has 1 fully saturated rings. The maximum atomic E-state index is 13.2. The van der Waals surface area contributed by atoms with Crippen molar-refractivity contribution in [2.75, 3.05) is 45.9 Å². The number of nitrogens with zero attached hydrogens (tertiary/aromatic N) is 2. The first-order valence-electron chi connectivity index (χ1n) is 9.82. The lowest BCUT2D eigenvalue weighted by Crippen LogP contribution is -2.46. The van der Waals surface area contributed by atoms with Crippen molar-refractivity contribution in [2.45, 2.75) is 13.0 Å². The van der Waals surface area contributed by atoms with Crippen molar-refractivity contribution >= 4 is 17.3 Å². The molecule has 3 rings (SSSR count). The van der Waals surface area contributed by atoms with Gasteiger partial charge in [-0.2, -0.15) is 0 Å². The number of nitrogens with one attached hydrogen (secondary N) is 1. The molecule has 4 nitrogen and oxygen atoms in total. The van der Waals surface area contributed by atoms with E-state index in [-0.39, 0.29) is 5.82 Å². The molecule has 2 aromatic carbocycles. The van der Waals surface area contributed by atoms with Gasteiger partial charge in [0.1, 0.15) is 5.82 Å². The standard InChI is InChI=1S/C22H28FN3OS/c23-21-8-6-20(7-9-21)18-26(13-12-25-14-16-27-17-15-25)22(28)24-11-10-19-4-2-1-3-5-19/h1-9H,10-18H2,(H,24,28). The van der Waals surface area contributed by atoms with Gasteiger partial charge in [-0.15, -0.1) is 0 Å². The lowest BCUT2D eigenvalue weighted by atomic mass is 10.1. The van der Waals surface area contributed by atoms with Crippen molar-refractivity contribution in [3.8, 4) is 0 Å². The third kappa shape index (κ3) is 6.86. The van der Waals surface area contributed by atoms with E-state index in [0.717, 1.165) is 63.0 Å². The fourth-order valence-electron chi connectivity index (χ4n) is 3.22. The molecule has 150 valence electrons. The molecule has 28 heavy (non-hydrogen) atoms. The van der Waals surface area contributed by atoms with Crippen LogP contribution in [-0.4, -0.2) is 60.8 Å². The van der Waals surface area contributed by atoms with E-state index in [4.69, 9.17) is 17.0 Å².